The van der Waals surface area contributed by atoms with Gasteiger partial charge in [0.25, 0.3) is 0 Å². The molecular formula is C28H49NOSi. The van der Waals surface area contributed by atoms with Gasteiger partial charge in [-0.2, -0.15) is 0 Å². The Morgan fingerprint density at radius 2 is 1.61 bits per heavy atom. The van der Waals surface area contributed by atoms with E-state index in [9.17, 15) is 0 Å². The average Bonchev–Trinajstić information content (AvgIpc) is 3.09. The molecule has 2 aliphatic rings. The van der Waals surface area contributed by atoms with Crippen molar-refractivity contribution in [1.82, 2.24) is 4.98 Å². The summed E-state index contributed by atoms with van der Waals surface area (Å²) in [7, 11) is -1.41. The zero-order valence-electron chi connectivity index (χ0n) is 21.1. The molecule has 2 aliphatic carbocycles. The summed E-state index contributed by atoms with van der Waals surface area (Å²) in [5.41, 5.74) is 2.53. The van der Waals surface area contributed by atoms with Crippen molar-refractivity contribution >= 4 is 8.24 Å². The van der Waals surface area contributed by atoms with Crippen LogP contribution in [0.2, 0.25) is 18.6 Å². The molecule has 0 saturated heterocycles. The van der Waals surface area contributed by atoms with Crippen LogP contribution < -0.4 is 4.98 Å². The van der Waals surface area contributed by atoms with E-state index in [4.69, 9.17) is 4.74 Å². The lowest BCUT2D eigenvalue weighted by Crippen LogP contribution is -2.50. The Kier molecular flexibility index (Phi) is 9.25. The van der Waals surface area contributed by atoms with E-state index in [0.29, 0.717) is 0 Å². The standard InChI is InChI=1S/C28H49NOSi/c1-28(2,3)30-20-14-7-6-13-19-29-31(4,5)27-22-24(21-23-15-9-8-10-16-23)25-17-11-12-18-26(25)27/h8-10,15-16,24-27,29H,6-7,11-14,17-22H2,1-5H3. The molecule has 2 fully saturated rings. The molecule has 176 valence electrons. The van der Waals surface area contributed by atoms with Crippen LogP contribution in [0.1, 0.15) is 84.1 Å². The van der Waals surface area contributed by atoms with Gasteiger partial charge in [0.15, 0.2) is 0 Å². The molecule has 0 heterocycles. The first kappa shape index (κ1) is 25.0. The summed E-state index contributed by atoms with van der Waals surface area (Å²) in [4.78, 5) is 4.14. The van der Waals surface area contributed by atoms with Crippen LogP contribution in [0.3, 0.4) is 0 Å². The third-order valence-corrected chi connectivity index (χ3v) is 11.7. The molecule has 0 spiro atoms. The van der Waals surface area contributed by atoms with Crippen LogP contribution in [-0.4, -0.2) is 27.0 Å². The van der Waals surface area contributed by atoms with E-state index in [2.05, 4.69) is 69.2 Å². The van der Waals surface area contributed by atoms with Crippen LogP contribution in [0.25, 0.3) is 0 Å². The number of fused-ring (bicyclic) bond motifs is 1. The van der Waals surface area contributed by atoms with Crippen molar-refractivity contribution in [2.75, 3.05) is 13.2 Å². The number of hydrogen-bond acceptors (Lipinski definition) is 2. The third kappa shape index (κ3) is 7.72. The van der Waals surface area contributed by atoms with Gasteiger partial charge in [0.05, 0.1) is 5.60 Å². The number of ether oxygens (including phenoxy) is 1. The molecule has 0 bridgehead atoms. The summed E-state index contributed by atoms with van der Waals surface area (Å²) < 4.78 is 5.85. The van der Waals surface area contributed by atoms with Gasteiger partial charge >= 0.3 is 0 Å². The molecule has 1 N–H and O–H groups in total. The van der Waals surface area contributed by atoms with Crippen molar-refractivity contribution in [2.24, 2.45) is 17.8 Å². The normalized spacial score (nSPS) is 26.7. The average molecular weight is 444 g/mol. The largest absolute Gasteiger partial charge is 0.376 e. The fourth-order valence-corrected chi connectivity index (χ4v) is 9.89. The second-order valence-electron chi connectivity index (χ2n) is 11.9. The maximum Gasteiger partial charge on any atom is 0.122 e. The van der Waals surface area contributed by atoms with Crippen LogP contribution in [0.4, 0.5) is 0 Å². The van der Waals surface area contributed by atoms with E-state index in [1.54, 1.807) is 5.56 Å². The van der Waals surface area contributed by atoms with Gasteiger partial charge in [-0.15, -0.1) is 0 Å². The lowest BCUT2D eigenvalue weighted by Gasteiger charge is -2.38. The van der Waals surface area contributed by atoms with Gasteiger partial charge in [-0.1, -0.05) is 75.5 Å². The molecule has 2 nitrogen and oxygen atoms in total. The summed E-state index contributed by atoms with van der Waals surface area (Å²) in [5, 5.41) is 0. The van der Waals surface area contributed by atoms with E-state index in [-0.39, 0.29) is 5.60 Å². The highest BCUT2D eigenvalue weighted by molar-refractivity contribution is 6.76. The minimum atomic E-state index is -1.41. The Bertz CT molecular complexity index is 638. The van der Waals surface area contributed by atoms with Gasteiger partial charge in [0, 0.05) is 6.61 Å². The molecule has 1 aromatic carbocycles. The smallest absolute Gasteiger partial charge is 0.122 e. The topological polar surface area (TPSA) is 21.3 Å². The van der Waals surface area contributed by atoms with Crippen molar-refractivity contribution in [3.8, 4) is 0 Å². The van der Waals surface area contributed by atoms with Crippen LogP contribution in [0.15, 0.2) is 30.3 Å². The fourth-order valence-electron chi connectivity index (χ4n) is 6.43. The maximum atomic E-state index is 5.85. The first-order valence-corrected chi connectivity index (χ1v) is 16.3. The molecule has 4 atom stereocenters. The SMILES string of the molecule is CC(C)(C)OCCCCCCN[Si](C)(C)C1CC(Cc2ccccc2)C2CCCCC21. The molecule has 0 amide bonds. The zero-order chi connectivity index (χ0) is 22.3. The van der Waals surface area contributed by atoms with Crippen LogP contribution in [0, 0.1) is 17.8 Å². The van der Waals surface area contributed by atoms with Crippen molar-refractivity contribution in [3.05, 3.63) is 35.9 Å². The van der Waals surface area contributed by atoms with E-state index < -0.39 is 8.24 Å². The van der Waals surface area contributed by atoms with Crippen molar-refractivity contribution in [1.29, 1.82) is 0 Å². The Morgan fingerprint density at radius 1 is 0.935 bits per heavy atom. The van der Waals surface area contributed by atoms with Crippen LogP contribution >= 0.6 is 0 Å². The van der Waals surface area contributed by atoms with Crippen molar-refractivity contribution < 1.29 is 4.74 Å². The maximum absolute atomic E-state index is 5.85. The molecule has 0 aromatic heterocycles. The second-order valence-corrected chi connectivity index (χ2v) is 16.5. The Labute approximate surface area is 194 Å². The molecule has 0 radical (unpaired) electrons. The molecule has 4 unspecified atom stereocenters. The Hall–Kier alpha value is -0.643. The van der Waals surface area contributed by atoms with Crippen molar-refractivity contribution in [2.45, 2.75) is 109 Å². The fraction of sp³-hybridized carbons (Fsp3) is 0.786. The first-order valence-electron chi connectivity index (χ1n) is 13.2. The van der Waals surface area contributed by atoms with E-state index in [1.807, 2.05) is 0 Å². The number of nitrogens with one attached hydrogen (secondary N) is 1. The van der Waals surface area contributed by atoms with E-state index in [1.165, 1.54) is 70.8 Å². The van der Waals surface area contributed by atoms with E-state index >= 15 is 0 Å². The summed E-state index contributed by atoms with van der Waals surface area (Å²) in [5.74, 6) is 2.88. The van der Waals surface area contributed by atoms with E-state index in [0.717, 1.165) is 29.9 Å². The molecule has 31 heavy (non-hydrogen) atoms. The van der Waals surface area contributed by atoms with Gasteiger partial charge in [0.1, 0.15) is 8.24 Å². The summed E-state index contributed by atoms with van der Waals surface area (Å²) >= 11 is 0. The monoisotopic (exact) mass is 443 g/mol. The molecule has 3 heteroatoms. The Morgan fingerprint density at radius 3 is 2.32 bits per heavy atom. The van der Waals surface area contributed by atoms with Crippen LogP contribution in [-0.2, 0) is 11.2 Å². The number of unbranched alkanes of at least 4 members (excludes halogenated alkanes) is 3. The van der Waals surface area contributed by atoms with Gasteiger partial charge in [-0.3, -0.25) is 0 Å². The minimum Gasteiger partial charge on any atom is -0.376 e. The predicted octanol–water partition coefficient (Wildman–Crippen LogP) is 7.60. The van der Waals surface area contributed by atoms with Crippen molar-refractivity contribution in [3.63, 3.8) is 0 Å². The van der Waals surface area contributed by atoms with Gasteiger partial charge < -0.3 is 9.72 Å². The lowest BCUT2D eigenvalue weighted by molar-refractivity contribution is -0.00473. The third-order valence-electron chi connectivity index (χ3n) is 8.01. The highest BCUT2D eigenvalue weighted by Gasteiger charge is 2.49. The molecular weight excluding hydrogens is 394 g/mol. The molecule has 0 aliphatic heterocycles. The first-order chi connectivity index (χ1) is 14.8. The highest BCUT2D eigenvalue weighted by Crippen LogP contribution is 2.56. The highest BCUT2D eigenvalue weighted by atomic mass is 28.3. The Balaban J connectivity index is 1.45. The summed E-state index contributed by atoms with van der Waals surface area (Å²) in [6, 6.07) is 11.3. The molecule has 1 aromatic rings. The lowest BCUT2D eigenvalue weighted by atomic mass is 9.76. The van der Waals surface area contributed by atoms with Crippen LogP contribution in [0.5, 0.6) is 0 Å². The molecule has 2 saturated carbocycles. The number of benzene rings is 1. The minimum absolute atomic E-state index is 0.00775. The number of rotatable bonds is 11. The summed E-state index contributed by atoms with van der Waals surface area (Å²) in [6.07, 6.45) is 13.8. The second kappa shape index (κ2) is 11.5. The predicted molar refractivity (Wildman–Crippen MR) is 137 cm³/mol. The number of hydrogen-bond donors (Lipinski definition) is 1. The van der Waals surface area contributed by atoms with Gasteiger partial charge in [-0.25, -0.2) is 0 Å². The zero-order valence-corrected chi connectivity index (χ0v) is 22.1. The quantitative estimate of drug-likeness (QED) is 0.281. The van der Waals surface area contributed by atoms with Gasteiger partial charge in [-0.05, 0) is 88.3 Å². The molecule has 3 rings (SSSR count). The van der Waals surface area contributed by atoms with Gasteiger partial charge in [0.2, 0.25) is 0 Å². The summed E-state index contributed by atoms with van der Waals surface area (Å²) in [6.45, 7) is 13.8.